The summed E-state index contributed by atoms with van der Waals surface area (Å²) in [5.74, 6) is -1.00. The molecule has 0 aliphatic carbocycles. The van der Waals surface area contributed by atoms with Crippen LogP contribution in [0.15, 0.2) is 36.8 Å². The minimum Gasteiger partial charge on any atom is -0.476 e. The standard InChI is InChI=1S/C12H11ClN2O2/c13-10-3-1-9(2-4-10)5-6-15-7-11(12(16)17)14-8-15/h1-4,7-8H,5-6H2,(H,16,17). The minimum absolute atomic E-state index is 0.0705. The van der Waals surface area contributed by atoms with Gasteiger partial charge < -0.3 is 9.67 Å². The third-order valence-corrected chi connectivity index (χ3v) is 2.68. The van der Waals surface area contributed by atoms with Gasteiger partial charge in [-0.15, -0.1) is 0 Å². The smallest absolute Gasteiger partial charge is 0.356 e. The average Bonchev–Trinajstić information content (AvgIpc) is 2.77. The van der Waals surface area contributed by atoms with E-state index >= 15 is 0 Å². The predicted octanol–water partition coefficient (Wildman–Crippen LogP) is 2.48. The van der Waals surface area contributed by atoms with Crippen LogP contribution >= 0.6 is 11.6 Å². The van der Waals surface area contributed by atoms with Gasteiger partial charge in [0.25, 0.3) is 0 Å². The lowest BCUT2D eigenvalue weighted by Gasteiger charge is -2.02. The maximum Gasteiger partial charge on any atom is 0.356 e. The molecule has 0 saturated carbocycles. The zero-order valence-corrected chi connectivity index (χ0v) is 9.76. The van der Waals surface area contributed by atoms with Gasteiger partial charge in [0.05, 0.1) is 6.33 Å². The Balaban J connectivity index is 1.97. The van der Waals surface area contributed by atoms with Gasteiger partial charge in [0, 0.05) is 17.8 Å². The van der Waals surface area contributed by atoms with Crippen LogP contribution in [0.1, 0.15) is 16.1 Å². The van der Waals surface area contributed by atoms with E-state index in [4.69, 9.17) is 16.7 Å². The zero-order valence-electron chi connectivity index (χ0n) is 9.01. The van der Waals surface area contributed by atoms with Crippen molar-refractivity contribution < 1.29 is 9.90 Å². The summed E-state index contributed by atoms with van der Waals surface area (Å²) in [6, 6.07) is 7.59. The fourth-order valence-electron chi connectivity index (χ4n) is 1.50. The molecule has 0 atom stereocenters. The lowest BCUT2D eigenvalue weighted by atomic mass is 10.1. The molecule has 1 aromatic carbocycles. The summed E-state index contributed by atoms with van der Waals surface area (Å²) < 4.78 is 1.76. The molecule has 0 radical (unpaired) electrons. The number of imidazole rings is 1. The number of benzene rings is 1. The number of nitrogens with zero attached hydrogens (tertiary/aromatic N) is 2. The van der Waals surface area contributed by atoms with Gasteiger partial charge in [-0.2, -0.15) is 0 Å². The second-order valence-corrected chi connectivity index (χ2v) is 4.11. The summed E-state index contributed by atoms with van der Waals surface area (Å²) in [7, 11) is 0. The van der Waals surface area contributed by atoms with E-state index in [9.17, 15) is 4.79 Å². The number of carbonyl (C=O) groups is 1. The average molecular weight is 251 g/mol. The predicted molar refractivity (Wildman–Crippen MR) is 64.3 cm³/mol. The summed E-state index contributed by atoms with van der Waals surface area (Å²) in [5.41, 5.74) is 1.22. The molecule has 0 bridgehead atoms. The number of carboxylic acid groups (broad SMARTS) is 1. The minimum atomic E-state index is -1.00. The first-order valence-corrected chi connectivity index (χ1v) is 5.52. The Morgan fingerprint density at radius 1 is 1.35 bits per heavy atom. The first-order valence-electron chi connectivity index (χ1n) is 5.14. The van der Waals surface area contributed by atoms with Crippen molar-refractivity contribution in [3.8, 4) is 0 Å². The number of carboxylic acids is 1. The van der Waals surface area contributed by atoms with Crippen LogP contribution in [0, 0.1) is 0 Å². The van der Waals surface area contributed by atoms with Crippen molar-refractivity contribution in [2.45, 2.75) is 13.0 Å². The molecule has 4 nitrogen and oxygen atoms in total. The molecule has 0 spiro atoms. The van der Waals surface area contributed by atoms with Crippen LogP contribution in [0.3, 0.4) is 0 Å². The Morgan fingerprint density at radius 3 is 2.65 bits per heavy atom. The summed E-state index contributed by atoms with van der Waals surface area (Å²) in [5, 5.41) is 9.44. The molecule has 0 aliphatic heterocycles. The van der Waals surface area contributed by atoms with Crippen molar-refractivity contribution in [3.63, 3.8) is 0 Å². The van der Waals surface area contributed by atoms with E-state index in [0.717, 1.165) is 12.0 Å². The van der Waals surface area contributed by atoms with Gasteiger partial charge in [-0.3, -0.25) is 0 Å². The number of hydrogen-bond acceptors (Lipinski definition) is 2. The Labute approximate surface area is 103 Å². The van der Waals surface area contributed by atoms with Crippen molar-refractivity contribution in [2.75, 3.05) is 0 Å². The van der Waals surface area contributed by atoms with E-state index in [1.54, 1.807) is 4.57 Å². The molecule has 5 heteroatoms. The first-order chi connectivity index (χ1) is 8.15. The zero-order chi connectivity index (χ0) is 12.3. The van der Waals surface area contributed by atoms with Gasteiger partial charge in [-0.25, -0.2) is 9.78 Å². The van der Waals surface area contributed by atoms with E-state index in [2.05, 4.69) is 4.98 Å². The number of rotatable bonds is 4. The molecule has 0 fully saturated rings. The Bertz CT molecular complexity index is 520. The summed E-state index contributed by atoms with van der Waals surface area (Å²) in [6.07, 6.45) is 3.87. The van der Waals surface area contributed by atoms with Gasteiger partial charge >= 0.3 is 5.97 Å². The Morgan fingerprint density at radius 2 is 2.06 bits per heavy atom. The van der Waals surface area contributed by atoms with Crippen molar-refractivity contribution in [1.82, 2.24) is 9.55 Å². The quantitative estimate of drug-likeness (QED) is 0.907. The van der Waals surface area contributed by atoms with E-state index in [1.807, 2.05) is 24.3 Å². The maximum atomic E-state index is 10.6. The Hall–Kier alpha value is -1.81. The Kier molecular flexibility index (Phi) is 3.44. The highest BCUT2D eigenvalue weighted by atomic mass is 35.5. The highest BCUT2D eigenvalue weighted by molar-refractivity contribution is 6.30. The molecule has 88 valence electrons. The number of aromatic carboxylic acids is 1. The molecule has 17 heavy (non-hydrogen) atoms. The lowest BCUT2D eigenvalue weighted by Crippen LogP contribution is -1.99. The fraction of sp³-hybridized carbons (Fsp3) is 0.167. The molecule has 0 unspecified atom stereocenters. The molecule has 2 aromatic rings. The van der Waals surface area contributed by atoms with Gasteiger partial charge in [-0.05, 0) is 24.1 Å². The van der Waals surface area contributed by atoms with Crippen LogP contribution < -0.4 is 0 Å². The third-order valence-electron chi connectivity index (χ3n) is 2.42. The second kappa shape index (κ2) is 5.01. The second-order valence-electron chi connectivity index (χ2n) is 3.68. The van der Waals surface area contributed by atoms with Crippen LogP contribution in [0.25, 0.3) is 0 Å². The molecule has 1 heterocycles. The number of aryl methyl sites for hydroxylation is 2. The number of aromatic nitrogens is 2. The first kappa shape index (κ1) is 11.7. The molecule has 2 rings (SSSR count). The van der Waals surface area contributed by atoms with E-state index in [-0.39, 0.29) is 5.69 Å². The van der Waals surface area contributed by atoms with Gasteiger partial charge in [0.2, 0.25) is 0 Å². The van der Waals surface area contributed by atoms with Crippen LogP contribution in [-0.2, 0) is 13.0 Å². The van der Waals surface area contributed by atoms with Gasteiger partial charge in [0.1, 0.15) is 0 Å². The lowest BCUT2D eigenvalue weighted by molar-refractivity contribution is 0.0691. The summed E-state index contributed by atoms with van der Waals surface area (Å²) in [4.78, 5) is 14.4. The van der Waals surface area contributed by atoms with Crippen molar-refractivity contribution in [3.05, 3.63) is 53.1 Å². The van der Waals surface area contributed by atoms with Crippen LogP contribution in [0.4, 0.5) is 0 Å². The molecular formula is C12H11ClN2O2. The topological polar surface area (TPSA) is 55.1 Å². The largest absolute Gasteiger partial charge is 0.476 e. The third kappa shape index (κ3) is 3.07. The monoisotopic (exact) mass is 250 g/mol. The van der Waals surface area contributed by atoms with Crippen LogP contribution in [0.5, 0.6) is 0 Å². The molecule has 0 saturated heterocycles. The highest BCUT2D eigenvalue weighted by Gasteiger charge is 2.05. The van der Waals surface area contributed by atoms with Crippen molar-refractivity contribution in [2.24, 2.45) is 0 Å². The maximum absolute atomic E-state index is 10.6. The molecule has 1 aromatic heterocycles. The van der Waals surface area contributed by atoms with Crippen molar-refractivity contribution in [1.29, 1.82) is 0 Å². The summed E-state index contributed by atoms with van der Waals surface area (Å²) in [6.45, 7) is 0.696. The number of hydrogen-bond donors (Lipinski definition) is 1. The number of halogens is 1. The van der Waals surface area contributed by atoms with Crippen LogP contribution in [0.2, 0.25) is 5.02 Å². The van der Waals surface area contributed by atoms with E-state index in [1.165, 1.54) is 12.5 Å². The molecule has 0 aliphatic rings. The molecular weight excluding hydrogens is 240 g/mol. The van der Waals surface area contributed by atoms with E-state index in [0.29, 0.717) is 11.6 Å². The normalized spacial score (nSPS) is 10.4. The van der Waals surface area contributed by atoms with E-state index < -0.39 is 5.97 Å². The van der Waals surface area contributed by atoms with Gasteiger partial charge in [-0.1, -0.05) is 23.7 Å². The molecule has 0 amide bonds. The molecule has 1 N–H and O–H groups in total. The SMILES string of the molecule is O=C(O)c1cn(CCc2ccc(Cl)cc2)cn1. The fourth-order valence-corrected chi connectivity index (χ4v) is 1.63. The van der Waals surface area contributed by atoms with Crippen molar-refractivity contribution >= 4 is 17.6 Å². The van der Waals surface area contributed by atoms with Crippen LogP contribution in [-0.4, -0.2) is 20.6 Å². The summed E-state index contributed by atoms with van der Waals surface area (Å²) >= 11 is 5.79. The van der Waals surface area contributed by atoms with Gasteiger partial charge in [0.15, 0.2) is 5.69 Å². The highest BCUT2D eigenvalue weighted by Crippen LogP contribution is 2.10.